The fourth-order valence-corrected chi connectivity index (χ4v) is 4.38. The number of aryl methyl sites for hydroxylation is 1. The number of nitrogen functional groups attached to an aromatic ring is 1. The predicted molar refractivity (Wildman–Crippen MR) is 133 cm³/mol. The molecule has 5 rings (SSSR count). The molecule has 182 valence electrons. The summed E-state index contributed by atoms with van der Waals surface area (Å²) < 4.78 is 15.9. The average Bonchev–Trinajstić information content (AvgIpc) is 3.19. The van der Waals surface area contributed by atoms with E-state index in [4.69, 9.17) is 15.8 Å². The van der Waals surface area contributed by atoms with Crippen LogP contribution in [0.4, 0.5) is 21.8 Å². The van der Waals surface area contributed by atoms with E-state index in [1.807, 2.05) is 23.7 Å². The van der Waals surface area contributed by atoms with Crippen LogP contribution in [-0.2, 0) is 0 Å². The normalized spacial score (nSPS) is 15.5. The molecule has 11 heteroatoms. The number of nitrogens with zero attached hydrogens (tertiary/aromatic N) is 7. The molecule has 1 saturated heterocycles. The van der Waals surface area contributed by atoms with Crippen LogP contribution in [0.5, 0.6) is 5.75 Å². The third-order valence-corrected chi connectivity index (χ3v) is 6.30. The Labute approximate surface area is 202 Å². The van der Waals surface area contributed by atoms with Crippen LogP contribution < -0.4 is 16.0 Å². The number of nitrogens with two attached hydrogens (primary N) is 1. The number of halogens is 1. The molecule has 0 radical (unpaired) electrons. The van der Waals surface area contributed by atoms with Crippen LogP contribution in [0.25, 0.3) is 16.6 Å². The van der Waals surface area contributed by atoms with Gasteiger partial charge in [-0.15, -0.1) is 0 Å². The number of rotatable bonds is 5. The number of likely N-dealkylation sites (N-methyl/N-ethyl adjacent to an activating group) is 1. The third-order valence-electron chi connectivity index (χ3n) is 6.30. The molecule has 0 saturated carbocycles. The first-order valence-corrected chi connectivity index (χ1v) is 11.5. The quantitative estimate of drug-likeness (QED) is 0.398. The van der Waals surface area contributed by atoms with E-state index in [9.17, 15) is 9.50 Å². The zero-order valence-electron chi connectivity index (χ0n) is 19.9. The Morgan fingerprint density at radius 2 is 1.91 bits per heavy atom. The molecule has 1 aromatic carbocycles. The third kappa shape index (κ3) is 4.42. The van der Waals surface area contributed by atoms with Crippen LogP contribution in [-0.4, -0.2) is 67.8 Å². The number of hydrogen-bond acceptors (Lipinski definition) is 9. The van der Waals surface area contributed by atoms with E-state index < -0.39 is 5.82 Å². The molecule has 10 nitrogen and oxygen atoms in total. The van der Waals surface area contributed by atoms with Gasteiger partial charge < -0.3 is 26.0 Å². The van der Waals surface area contributed by atoms with Crippen LogP contribution in [0, 0.1) is 12.7 Å². The summed E-state index contributed by atoms with van der Waals surface area (Å²) in [5.41, 5.74) is 9.01. The average molecular weight is 478 g/mol. The SMILES string of the molecule is Cc1ccn2nc(C(C)Nc3ncnc(N)c3-c3cc(O)cc(F)c3)nc(N3CCN(C)CC3)c12. The lowest BCUT2D eigenvalue weighted by atomic mass is 10.1. The van der Waals surface area contributed by atoms with Crippen LogP contribution >= 0.6 is 0 Å². The molecular weight excluding hydrogens is 449 g/mol. The second-order valence-corrected chi connectivity index (χ2v) is 8.92. The molecule has 3 aromatic heterocycles. The maximum atomic E-state index is 14.0. The van der Waals surface area contributed by atoms with Crippen LogP contribution in [0.15, 0.2) is 36.8 Å². The molecule has 35 heavy (non-hydrogen) atoms. The molecule has 1 unspecified atom stereocenters. The van der Waals surface area contributed by atoms with Crippen LogP contribution in [0.3, 0.4) is 0 Å². The Balaban J connectivity index is 1.53. The lowest BCUT2D eigenvalue weighted by Gasteiger charge is -2.34. The van der Waals surface area contributed by atoms with Gasteiger partial charge >= 0.3 is 0 Å². The smallest absolute Gasteiger partial charge is 0.173 e. The number of fused-ring (bicyclic) bond motifs is 1. The van der Waals surface area contributed by atoms with Crippen molar-refractivity contribution < 1.29 is 9.50 Å². The van der Waals surface area contributed by atoms with E-state index in [1.54, 1.807) is 0 Å². The first-order valence-electron chi connectivity index (χ1n) is 11.5. The molecule has 0 amide bonds. The fourth-order valence-electron chi connectivity index (χ4n) is 4.38. The highest BCUT2D eigenvalue weighted by atomic mass is 19.1. The van der Waals surface area contributed by atoms with Gasteiger partial charge in [-0.1, -0.05) is 0 Å². The van der Waals surface area contributed by atoms with Gasteiger partial charge in [0.15, 0.2) is 11.6 Å². The molecule has 4 N–H and O–H groups in total. The Kier molecular flexibility index (Phi) is 5.85. The minimum atomic E-state index is -0.587. The highest BCUT2D eigenvalue weighted by molar-refractivity contribution is 5.84. The first kappa shape index (κ1) is 22.8. The van der Waals surface area contributed by atoms with E-state index in [0.717, 1.165) is 49.1 Å². The summed E-state index contributed by atoms with van der Waals surface area (Å²) in [6, 6.07) is 5.40. The maximum absolute atomic E-state index is 14.0. The van der Waals surface area contributed by atoms with Crippen LogP contribution in [0.2, 0.25) is 0 Å². The lowest BCUT2D eigenvalue weighted by molar-refractivity contribution is 0.312. The molecule has 1 fully saturated rings. The van der Waals surface area contributed by atoms with E-state index in [0.29, 0.717) is 22.8 Å². The number of phenolic OH excluding ortho intramolecular Hbond substituents is 1. The molecule has 0 spiro atoms. The Hall–Kier alpha value is -3.99. The highest BCUT2D eigenvalue weighted by Gasteiger charge is 2.23. The molecular formula is C24H28FN9O. The summed E-state index contributed by atoms with van der Waals surface area (Å²) in [5.74, 6) is 1.23. The Morgan fingerprint density at radius 3 is 2.66 bits per heavy atom. The van der Waals surface area contributed by atoms with Gasteiger partial charge in [0, 0.05) is 38.4 Å². The first-order chi connectivity index (χ1) is 16.8. The summed E-state index contributed by atoms with van der Waals surface area (Å²) in [5, 5.41) is 18.0. The van der Waals surface area contributed by atoms with Crippen molar-refractivity contribution in [2.75, 3.05) is 49.2 Å². The van der Waals surface area contributed by atoms with E-state index in [-0.39, 0.29) is 17.6 Å². The van der Waals surface area contributed by atoms with Crippen molar-refractivity contribution >= 4 is 23.0 Å². The number of benzene rings is 1. The van der Waals surface area contributed by atoms with Crippen LogP contribution in [0.1, 0.15) is 24.4 Å². The topological polar surface area (TPSA) is 121 Å². The van der Waals surface area contributed by atoms with Gasteiger partial charge in [-0.05, 0) is 50.2 Å². The number of anilines is 3. The summed E-state index contributed by atoms with van der Waals surface area (Å²) in [6.07, 6.45) is 3.27. The standard InChI is InChI=1S/C24H28FN9O/c1-14-4-5-34-20(14)24(33-8-6-32(3)7-9-33)30-22(31-34)15(2)29-23-19(21(26)27-13-28-23)16-10-17(25)12-18(35)11-16/h4-5,10-13,15,35H,6-9H2,1-3H3,(H3,26,27,28,29). The number of hydrogen-bond donors (Lipinski definition) is 3. The van der Waals surface area contributed by atoms with Crippen molar-refractivity contribution in [2.45, 2.75) is 19.9 Å². The van der Waals surface area contributed by atoms with E-state index in [2.05, 4.69) is 39.1 Å². The Bertz CT molecular complexity index is 1360. The molecule has 1 atom stereocenters. The minimum absolute atomic E-state index is 0.162. The molecule has 1 aliphatic rings. The van der Waals surface area contributed by atoms with Crippen molar-refractivity contribution in [3.05, 3.63) is 54.0 Å². The van der Waals surface area contributed by atoms with Crippen molar-refractivity contribution in [3.63, 3.8) is 0 Å². The number of phenols is 1. The number of aromatic hydroxyl groups is 1. The fraction of sp³-hybridized carbons (Fsp3) is 0.333. The van der Waals surface area contributed by atoms with Crippen molar-refractivity contribution in [1.82, 2.24) is 29.5 Å². The molecule has 1 aliphatic heterocycles. The monoisotopic (exact) mass is 477 g/mol. The van der Waals surface area contributed by atoms with Gasteiger partial charge in [0.1, 0.15) is 35.0 Å². The summed E-state index contributed by atoms with van der Waals surface area (Å²) >= 11 is 0. The number of nitrogens with one attached hydrogen (secondary N) is 1. The van der Waals surface area contributed by atoms with Gasteiger partial charge in [-0.25, -0.2) is 23.9 Å². The summed E-state index contributed by atoms with van der Waals surface area (Å²) in [7, 11) is 2.12. The molecule has 4 aromatic rings. The minimum Gasteiger partial charge on any atom is -0.508 e. The zero-order valence-corrected chi connectivity index (χ0v) is 19.9. The highest BCUT2D eigenvalue weighted by Crippen LogP contribution is 2.35. The molecule has 0 aliphatic carbocycles. The lowest BCUT2D eigenvalue weighted by Crippen LogP contribution is -2.45. The van der Waals surface area contributed by atoms with Crippen molar-refractivity contribution in [2.24, 2.45) is 0 Å². The number of aromatic nitrogens is 5. The van der Waals surface area contributed by atoms with Crippen molar-refractivity contribution in [1.29, 1.82) is 0 Å². The zero-order chi connectivity index (χ0) is 24.7. The second kappa shape index (κ2) is 8.99. The van der Waals surface area contributed by atoms with Gasteiger partial charge in [-0.3, -0.25) is 0 Å². The molecule has 4 heterocycles. The second-order valence-electron chi connectivity index (χ2n) is 8.92. The van der Waals surface area contributed by atoms with E-state index >= 15 is 0 Å². The van der Waals surface area contributed by atoms with Gasteiger partial charge in [0.05, 0.1) is 11.6 Å². The maximum Gasteiger partial charge on any atom is 0.173 e. The summed E-state index contributed by atoms with van der Waals surface area (Å²) in [6.45, 7) is 7.67. The molecule has 0 bridgehead atoms. The largest absolute Gasteiger partial charge is 0.508 e. The van der Waals surface area contributed by atoms with Crippen molar-refractivity contribution in [3.8, 4) is 16.9 Å². The van der Waals surface area contributed by atoms with Gasteiger partial charge in [0.25, 0.3) is 0 Å². The van der Waals surface area contributed by atoms with Gasteiger partial charge in [-0.2, -0.15) is 5.10 Å². The number of piperazine rings is 1. The predicted octanol–water partition coefficient (Wildman–Crippen LogP) is 2.85. The van der Waals surface area contributed by atoms with Gasteiger partial charge in [0.2, 0.25) is 0 Å². The summed E-state index contributed by atoms with van der Waals surface area (Å²) in [4.78, 5) is 18.0. The Morgan fingerprint density at radius 1 is 1.14 bits per heavy atom. The van der Waals surface area contributed by atoms with E-state index in [1.165, 1.54) is 18.5 Å².